The molecule has 0 amide bonds. The van der Waals surface area contributed by atoms with Crippen molar-refractivity contribution in [1.29, 1.82) is 0 Å². The third-order valence-electron chi connectivity index (χ3n) is 3.67. The van der Waals surface area contributed by atoms with Crippen LogP contribution in [0.1, 0.15) is 5.56 Å². The molecule has 1 aromatic heterocycles. The zero-order valence-corrected chi connectivity index (χ0v) is 15.9. The van der Waals surface area contributed by atoms with Gasteiger partial charge in [0.1, 0.15) is 5.69 Å². The van der Waals surface area contributed by atoms with E-state index in [2.05, 4.69) is 9.46 Å². The van der Waals surface area contributed by atoms with E-state index in [1.807, 2.05) is 0 Å². The molecule has 11 heteroatoms. The van der Waals surface area contributed by atoms with Crippen molar-refractivity contribution in [3.05, 3.63) is 66.2 Å². The van der Waals surface area contributed by atoms with Crippen LogP contribution in [0.3, 0.4) is 0 Å². The molecule has 29 heavy (non-hydrogen) atoms. The number of anilines is 1. The van der Waals surface area contributed by atoms with Gasteiger partial charge in [-0.15, -0.1) is 0 Å². The number of carboxylic acid groups (broad SMARTS) is 1. The van der Waals surface area contributed by atoms with E-state index in [0.29, 0.717) is 22.6 Å². The normalized spacial score (nSPS) is 11.8. The lowest BCUT2D eigenvalue weighted by Crippen LogP contribution is -2.14. The summed E-state index contributed by atoms with van der Waals surface area (Å²) in [5.74, 6) is 0. The number of benzene rings is 2. The van der Waals surface area contributed by atoms with Crippen molar-refractivity contribution >= 4 is 33.2 Å². The number of rotatable bonds is 5. The average molecular weight is 443 g/mol. The molecule has 2 N–H and O–H groups in total. The van der Waals surface area contributed by atoms with Gasteiger partial charge in [0.15, 0.2) is 0 Å². The number of ether oxygens (including phenoxy) is 1. The molecule has 0 atom stereocenters. The summed E-state index contributed by atoms with van der Waals surface area (Å²) in [5.41, 5.74) is -0.433. The molecule has 3 rings (SSSR count). The van der Waals surface area contributed by atoms with Crippen LogP contribution in [0.25, 0.3) is 10.4 Å². The molecule has 6 nitrogen and oxygen atoms in total. The number of alkyl halides is 3. The van der Waals surface area contributed by atoms with E-state index in [4.69, 9.17) is 5.11 Å². The van der Waals surface area contributed by atoms with Crippen molar-refractivity contribution in [3.8, 4) is 15.5 Å². The number of sulfonamides is 1. The number of thiophene rings is 1. The minimum absolute atomic E-state index is 0.142. The largest absolute Gasteiger partial charge is 0.512 e. The van der Waals surface area contributed by atoms with Crippen LogP contribution in [0.4, 0.5) is 23.7 Å². The highest BCUT2D eigenvalue weighted by molar-refractivity contribution is 7.92. The topological polar surface area (TPSA) is 92.7 Å². The molecule has 0 aliphatic rings. The summed E-state index contributed by atoms with van der Waals surface area (Å²) >= 11 is 0.904. The van der Waals surface area contributed by atoms with E-state index in [9.17, 15) is 26.4 Å². The first kappa shape index (κ1) is 20.7. The molecule has 152 valence electrons. The van der Waals surface area contributed by atoms with Crippen molar-refractivity contribution < 1.29 is 36.2 Å². The molecule has 0 saturated carbocycles. The summed E-state index contributed by atoms with van der Waals surface area (Å²) in [6.07, 6.45) is -6.24. The second-order valence-electron chi connectivity index (χ2n) is 5.67. The molecule has 3 aromatic rings. The van der Waals surface area contributed by atoms with Crippen LogP contribution in [0.2, 0.25) is 0 Å². The zero-order valence-electron chi connectivity index (χ0n) is 14.3. The lowest BCUT2D eigenvalue weighted by molar-refractivity contribution is -0.137. The molecule has 0 aliphatic heterocycles. The van der Waals surface area contributed by atoms with Crippen molar-refractivity contribution in [2.45, 2.75) is 11.1 Å². The minimum atomic E-state index is -4.60. The Kier molecular flexibility index (Phi) is 5.53. The maximum atomic E-state index is 12.7. The molecule has 0 radical (unpaired) electrons. The first-order valence-electron chi connectivity index (χ1n) is 7.86. The Hall–Kier alpha value is -3.05. The van der Waals surface area contributed by atoms with Gasteiger partial charge in [0, 0.05) is 4.88 Å². The van der Waals surface area contributed by atoms with Gasteiger partial charge in [-0.1, -0.05) is 41.7 Å². The van der Waals surface area contributed by atoms with Gasteiger partial charge in [0.2, 0.25) is 5.06 Å². The highest BCUT2D eigenvalue weighted by Crippen LogP contribution is 2.42. The predicted molar refractivity (Wildman–Crippen MR) is 101 cm³/mol. The van der Waals surface area contributed by atoms with Gasteiger partial charge in [-0.25, -0.2) is 13.2 Å². The molecule has 2 aromatic carbocycles. The van der Waals surface area contributed by atoms with Crippen LogP contribution in [-0.2, 0) is 16.2 Å². The number of hydrogen-bond donors (Lipinski definition) is 2. The lowest BCUT2D eigenvalue weighted by atomic mass is 10.2. The fourth-order valence-corrected chi connectivity index (χ4v) is 4.45. The third-order valence-corrected chi connectivity index (χ3v) is 6.12. The van der Waals surface area contributed by atoms with Crippen molar-refractivity contribution in [2.75, 3.05) is 4.72 Å². The second kappa shape index (κ2) is 7.76. The first-order valence-corrected chi connectivity index (χ1v) is 10.2. The summed E-state index contributed by atoms with van der Waals surface area (Å²) in [6, 6.07) is 13.1. The first-order chi connectivity index (χ1) is 13.6. The maximum absolute atomic E-state index is 12.7. The third kappa shape index (κ3) is 4.87. The van der Waals surface area contributed by atoms with Crippen LogP contribution >= 0.6 is 11.3 Å². The fraction of sp³-hybridized carbons (Fsp3) is 0.0556. The van der Waals surface area contributed by atoms with Gasteiger partial charge in [0.05, 0.1) is 10.5 Å². The molecule has 0 fully saturated rings. The highest BCUT2D eigenvalue weighted by atomic mass is 32.2. The molecule has 0 aliphatic carbocycles. The van der Waals surface area contributed by atoms with E-state index in [1.54, 1.807) is 30.3 Å². The van der Waals surface area contributed by atoms with E-state index < -0.39 is 32.8 Å². The molecule has 0 bridgehead atoms. The average Bonchev–Trinajstić information content (AvgIpc) is 3.03. The fourth-order valence-electron chi connectivity index (χ4n) is 2.37. The van der Waals surface area contributed by atoms with E-state index >= 15 is 0 Å². The van der Waals surface area contributed by atoms with Gasteiger partial charge >= 0.3 is 12.3 Å². The van der Waals surface area contributed by atoms with Gasteiger partial charge in [0.25, 0.3) is 10.0 Å². The number of nitrogens with one attached hydrogen (secondary N) is 1. The quantitative estimate of drug-likeness (QED) is 0.523. The smallest absolute Gasteiger partial charge is 0.449 e. The second-order valence-corrected chi connectivity index (χ2v) is 8.37. The molecule has 0 unspecified atom stereocenters. The van der Waals surface area contributed by atoms with Gasteiger partial charge in [-0.05, 0) is 35.9 Å². The number of carbonyl (C=O) groups is 1. The number of halogens is 3. The monoisotopic (exact) mass is 443 g/mol. The molecular weight excluding hydrogens is 431 g/mol. The molecular formula is C18H12F3NO5S2. The Bertz CT molecular complexity index is 1120. The van der Waals surface area contributed by atoms with E-state index in [0.717, 1.165) is 23.5 Å². The van der Waals surface area contributed by atoms with Crippen molar-refractivity contribution in [3.63, 3.8) is 0 Å². The molecule has 1 heterocycles. The van der Waals surface area contributed by atoms with Gasteiger partial charge < -0.3 is 9.84 Å². The van der Waals surface area contributed by atoms with Crippen LogP contribution in [0, 0.1) is 0 Å². The van der Waals surface area contributed by atoms with Gasteiger partial charge in [-0.3, -0.25) is 4.72 Å². The van der Waals surface area contributed by atoms with Crippen LogP contribution < -0.4 is 9.46 Å². The van der Waals surface area contributed by atoms with Crippen LogP contribution in [0.15, 0.2) is 65.6 Å². The zero-order chi connectivity index (χ0) is 21.2. The summed E-state index contributed by atoms with van der Waals surface area (Å²) in [5, 5.41) is 8.68. The van der Waals surface area contributed by atoms with Gasteiger partial charge in [-0.2, -0.15) is 13.2 Å². The number of hydrogen-bond acceptors (Lipinski definition) is 5. The summed E-state index contributed by atoms with van der Waals surface area (Å²) < 4.78 is 69.9. The Morgan fingerprint density at radius 1 is 1.03 bits per heavy atom. The van der Waals surface area contributed by atoms with E-state index in [1.165, 1.54) is 6.07 Å². The maximum Gasteiger partial charge on any atom is 0.512 e. The SMILES string of the molecule is O=C(O)Oc1sc(-c2ccccc2)cc1NS(=O)(=O)c1ccc(C(F)(F)F)cc1. The minimum Gasteiger partial charge on any atom is -0.449 e. The summed E-state index contributed by atoms with van der Waals surface area (Å²) in [7, 11) is -4.29. The Morgan fingerprint density at radius 2 is 1.66 bits per heavy atom. The molecule has 0 saturated heterocycles. The Morgan fingerprint density at radius 3 is 2.21 bits per heavy atom. The van der Waals surface area contributed by atoms with E-state index in [-0.39, 0.29) is 10.8 Å². The highest BCUT2D eigenvalue weighted by Gasteiger charge is 2.31. The Balaban J connectivity index is 1.95. The summed E-state index contributed by atoms with van der Waals surface area (Å²) in [6.45, 7) is 0. The van der Waals surface area contributed by atoms with Crippen molar-refractivity contribution in [1.82, 2.24) is 0 Å². The summed E-state index contributed by atoms with van der Waals surface area (Å²) in [4.78, 5) is 11.1. The Labute approximate surface area is 167 Å². The standard InChI is InChI=1S/C18H12F3NO5S2/c19-18(20,21)12-6-8-13(9-7-12)29(25,26)22-14-10-15(11-4-2-1-3-5-11)28-16(14)27-17(23)24/h1-10,22H,(H,23,24). The predicted octanol–water partition coefficient (Wildman–Crippen LogP) is 5.29. The van der Waals surface area contributed by atoms with Crippen LogP contribution in [-0.4, -0.2) is 19.7 Å². The van der Waals surface area contributed by atoms with Crippen molar-refractivity contribution in [2.24, 2.45) is 0 Å². The van der Waals surface area contributed by atoms with Crippen LogP contribution in [0.5, 0.6) is 5.06 Å². The molecule has 0 spiro atoms. The lowest BCUT2D eigenvalue weighted by Gasteiger charge is -2.10.